The SMILES string of the molecule is CCC(N)C(Sc1cccs1)c1ccc(Br)s1. The standard InChI is InChI=1S/C12H14BrNS3/c1-2-8(14)12(9-5-6-10(13)16-9)17-11-4-3-7-15-11/h3-8,12H,2,14H2,1H3. The van der Waals surface area contributed by atoms with Gasteiger partial charge in [0.1, 0.15) is 0 Å². The molecule has 0 aliphatic carbocycles. The molecular weight excluding hydrogens is 334 g/mol. The number of halogens is 1. The van der Waals surface area contributed by atoms with Crippen LogP contribution < -0.4 is 5.73 Å². The lowest BCUT2D eigenvalue weighted by Gasteiger charge is -2.20. The average Bonchev–Trinajstić information content (AvgIpc) is 2.96. The van der Waals surface area contributed by atoms with Crippen LogP contribution in [0.15, 0.2) is 37.6 Å². The largest absolute Gasteiger partial charge is 0.326 e. The van der Waals surface area contributed by atoms with Crippen LogP contribution in [0.3, 0.4) is 0 Å². The number of thiophene rings is 2. The van der Waals surface area contributed by atoms with Crippen LogP contribution in [-0.2, 0) is 0 Å². The Balaban J connectivity index is 2.19. The van der Waals surface area contributed by atoms with Crippen molar-refractivity contribution in [1.29, 1.82) is 0 Å². The van der Waals surface area contributed by atoms with Gasteiger partial charge in [-0.05, 0) is 45.9 Å². The second kappa shape index (κ2) is 6.38. The van der Waals surface area contributed by atoms with Gasteiger partial charge in [0.2, 0.25) is 0 Å². The second-order valence-corrected chi connectivity index (χ2v) is 8.57. The van der Waals surface area contributed by atoms with Crippen molar-refractivity contribution in [2.45, 2.75) is 28.8 Å². The lowest BCUT2D eigenvalue weighted by Crippen LogP contribution is -2.24. The van der Waals surface area contributed by atoms with Crippen molar-refractivity contribution in [2.75, 3.05) is 0 Å². The van der Waals surface area contributed by atoms with Crippen LogP contribution in [0.1, 0.15) is 23.5 Å². The van der Waals surface area contributed by atoms with E-state index in [1.54, 1.807) is 22.7 Å². The fourth-order valence-electron chi connectivity index (χ4n) is 1.51. The highest BCUT2D eigenvalue weighted by Crippen LogP contribution is 2.43. The quantitative estimate of drug-likeness (QED) is 0.757. The number of hydrogen-bond acceptors (Lipinski definition) is 4. The molecule has 0 aromatic carbocycles. The molecule has 0 aliphatic heterocycles. The van der Waals surface area contributed by atoms with E-state index >= 15 is 0 Å². The van der Waals surface area contributed by atoms with Gasteiger partial charge < -0.3 is 5.73 Å². The first-order valence-electron chi connectivity index (χ1n) is 5.41. The molecule has 2 rings (SSSR count). The monoisotopic (exact) mass is 347 g/mol. The van der Waals surface area contributed by atoms with Crippen LogP contribution in [0.5, 0.6) is 0 Å². The minimum Gasteiger partial charge on any atom is -0.326 e. The lowest BCUT2D eigenvalue weighted by atomic mass is 10.1. The molecule has 0 aliphatic rings. The van der Waals surface area contributed by atoms with Gasteiger partial charge in [0.15, 0.2) is 0 Å². The molecule has 5 heteroatoms. The van der Waals surface area contributed by atoms with Gasteiger partial charge in [-0.3, -0.25) is 0 Å². The molecule has 2 atom stereocenters. The van der Waals surface area contributed by atoms with E-state index in [4.69, 9.17) is 5.73 Å². The molecule has 2 N–H and O–H groups in total. The molecule has 17 heavy (non-hydrogen) atoms. The van der Waals surface area contributed by atoms with E-state index in [1.807, 2.05) is 11.8 Å². The summed E-state index contributed by atoms with van der Waals surface area (Å²) < 4.78 is 2.51. The molecule has 0 saturated heterocycles. The zero-order valence-corrected chi connectivity index (χ0v) is 13.5. The lowest BCUT2D eigenvalue weighted by molar-refractivity contribution is 0.640. The summed E-state index contributed by atoms with van der Waals surface area (Å²) in [6.07, 6.45) is 0.999. The van der Waals surface area contributed by atoms with Crippen LogP contribution in [0, 0.1) is 0 Å². The second-order valence-electron chi connectivity index (χ2n) is 3.68. The van der Waals surface area contributed by atoms with E-state index in [0.29, 0.717) is 5.25 Å². The Morgan fingerprint density at radius 1 is 1.41 bits per heavy atom. The smallest absolute Gasteiger partial charge is 0.0701 e. The molecular formula is C12H14BrNS3. The first-order chi connectivity index (χ1) is 8.20. The third-order valence-corrected chi connectivity index (χ3v) is 6.79. The predicted molar refractivity (Wildman–Crippen MR) is 83.2 cm³/mol. The molecule has 1 nitrogen and oxygen atoms in total. The Bertz CT molecular complexity index is 452. The van der Waals surface area contributed by atoms with Gasteiger partial charge in [-0.25, -0.2) is 0 Å². The Morgan fingerprint density at radius 3 is 2.76 bits per heavy atom. The zero-order valence-electron chi connectivity index (χ0n) is 9.43. The summed E-state index contributed by atoms with van der Waals surface area (Å²) in [4.78, 5) is 1.35. The number of rotatable bonds is 5. The molecule has 2 heterocycles. The van der Waals surface area contributed by atoms with Gasteiger partial charge >= 0.3 is 0 Å². The molecule has 2 unspecified atom stereocenters. The van der Waals surface area contributed by atoms with Gasteiger partial charge in [0, 0.05) is 10.9 Å². The topological polar surface area (TPSA) is 26.0 Å². The molecule has 2 aromatic rings. The van der Waals surface area contributed by atoms with Crippen molar-refractivity contribution in [1.82, 2.24) is 0 Å². The summed E-state index contributed by atoms with van der Waals surface area (Å²) in [5.74, 6) is 0. The van der Waals surface area contributed by atoms with Crippen molar-refractivity contribution in [3.05, 3.63) is 38.3 Å². The van der Waals surface area contributed by atoms with Crippen LogP contribution in [-0.4, -0.2) is 6.04 Å². The third-order valence-electron chi connectivity index (χ3n) is 2.47. The summed E-state index contributed by atoms with van der Waals surface area (Å²) >= 11 is 8.96. The highest BCUT2D eigenvalue weighted by atomic mass is 79.9. The molecule has 0 bridgehead atoms. The van der Waals surface area contributed by atoms with Gasteiger partial charge in [0.25, 0.3) is 0 Å². The Kier molecular flexibility index (Phi) is 5.11. The van der Waals surface area contributed by atoms with Crippen LogP contribution >= 0.6 is 50.4 Å². The van der Waals surface area contributed by atoms with Crippen molar-refractivity contribution in [3.63, 3.8) is 0 Å². The van der Waals surface area contributed by atoms with Crippen LogP contribution in [0.2, 0.25) is 0 Å². The van der Waals surface area contributed by atoms with E-state index in [1.165, 1.54) is 12.9 Å². The molecule has 0 radical (unpaired) electrons. The third kappa shape index (κ3) is 3.58. The predicted octanol–water partition coefficient (Wildman–Crippen LogP) is 5.14. The maximum atomic E-state index is 6.25. The van der Waals surface area contributed by atoms with E-state index in [9.17, 15) is 0 Å². The fourth-order valence-corrected chi connectivity index (χ4v) is 5.39. The molecule has 0 spiro atoms. The van der Waals surface area contributed by atoms with Gasteiger partial charge in [-0.2, -0.15) is 0 Å². The summed E-state index contributed by atoms with van der Waals surface area (Å²) in [7, 11) is 0. The van der Waals surface area contributed by atoms with Crippen LogP contribution in [0.4, 0.5) is 0 Å². The van der Waals surface area contributed by atoms with Gasteiger partial charge in [-0.15, -0.1) is 34.4 Å². The van der Waals surface area contributed by atoms with E-state index < -0.39 is 0 Å². The minimum atomic E-state index is 0.202. The molecule has 0 amide bonds. The maximum absolute atomic E-state index is 6.25. The van der Waals surface area contributed by atoms with Crippen molar-refractivity contribution in [3.8, 4) is 0 Å². The fraction of sp³-hybridized carbons (Fsp3) is 0.333. The van der Waals surface area contributed by atoms with Crippen molar-refractivity contribution in [2.24, 2.45) is 5.73 Å². The maximum Gasteiger partial charge on any atom is 0.0701 e. The Hall–Kier alpha value is 0.190. The van der Waals surface area contributed by atoms with Gasteiger partial charge in [0.05, 0.1) is 13.2 Å². The summed E-state index contributed by atoms with van der Waals surface area (Å²) in [5, 5.41) is 2.47. The van der Waals surface area contributed by atoms with Gasteiger partial charge in [-0.1, -0.05) is 13.0 Å². The highest BCUT2D eigenvalue weighted by molar-refractivity contribution is 9.11. The molecule has 92 valence electrons. The first kappa shape index (κ1) is 13.6. The molecule has 0 saturated carbocycles. The van der Waals surface area contributed by atoms with Crippen molar-refractivity contribution >= 4 is 50.4 Å². The molecule has 0 fully saturated rings. The Morgan fingerprint density at radius 2 is 2.24 bits per heavy atom. The minimum absolute atomic E-state index is 0.202. The van der Waals surface area contributed by atoms with E-state index in [0.717, 1.165) is 6.42 Å². The summed E-state index contributed by atoms with van der Waals surface area (Å²) in [6.45, 7) is 2.15. The summed E-state index contributed by atoms with van der Waals surface area (Å²) in [5.41, 5.74) is 6.25. The Labute approximate surface area is 123 Å². The van der Waals surface area contributed by atoms with Crippen LogP contribution in [0.25, 0.3) is 0 Å². The first-order valence-corrected chi connectivity index (χ1v) is 8.78. The van der Waals surface area contributed by atoms with E-state index in [2.05, 4.69) is 52.5 Å². The van der Waals surface area contributed by atoms with E-state index in [-0.39, 0.29) is 6.04 Å². The highest BCUT2D eigenvalue weighted by Gasteiger charge is 2.21. The van der Waals surface area contributed by atoms with Crippen molar-refractivity contribution < 1.29 is 0 Å². The number of hydrogen-bond donors (Lipinski definition) is 1. The average molecular weight is 348 g/mol. The normalized spacial score (nSPS) is 14.8. The zero-order chi connectivity index (χ0) is 12.3. The number of nitrogens with two attached hydrogens (primary N) is 1. The number of thioether (sulfide) groups is 1. The summed E-state index contributed by atoms with van der Waals surface area (Å²) in [6, 6.07) is 8.73. The molecule has 2 aromatic heterocycles.